The summed E-state index contributed by atoms with van der Waals surface area (Å²) >= 11 is 0. The van der Waals surface area contributed by atoms with Gasteiger partial charge in [0.2, 0.25) is 0 Å². The van der Waals surface area contributed by atoms with Gasteiger partial charge in [-0.2, -0.15) is 0 Å². The average molecular weight is 356 g/mol. The maximum absolute atomic E-state index is 13.4. The van der Waals surface area contributed by atoms with Crippen LogP contribution in [0.5, 0.6) is 0 Å². The number of fused-ring (bicyclic) bond motifs is 1. The molecule has 0 radical (unpaired) electrons. The molecule has 2 fully saturated rings. The molecule has 1 spiro atoms. The minimum atomic E-state index is -0.459. The highest BCUT2D eigenvalue weighted by Gasteiger charge is 2.47. The minimum absolute atomic E-state index is 0.0294. The molecule has 0 aliphatic carbocycles. The number of piperidine rings is 1. The van der Waals surface area contributed by atoms with Gasteiger partial charge in [-0.3, -0.25) is 4.79 Å². The summed E-state index contributed by atoms with van der Waals surface area (Å²) < 4.78 is 12.2. The van der Waals surface area contributed by atoms with Crippen molar-refractivity contribution >= 4 is 16.9 Å². The van der Waals surface area contributed by atoms with E-state index in [1.54, 1.807) is 0 Å². The Kier molecular flexibility index (Phi) is 4.32. The SMILES string of the molecule is CCN1CCC2(CC1)OCCN2C(=O)c1oc2cc(C)cc(C)c2c1C. The smallest absolute Gasteiger partial charge is 0.292 e. The van der Waals surface area contributed by atoms with Crippen LogP contribution in [0, 0.1) is 20.8 Å². The molecular formula is C21H28N2O3. The van der Waals surface area contributed by atoms with E-state index < -0.39 is 5.72 Å². The predicted molar refractivity (Wildman–Crippen MR) is 101 cm³/mol. The van der Waals surface area contributed by atoms with Crippen LogP contribution in [0.1, 0.15) is 47.0 Å². The van der Waals surface area contributed by atoms with Crippen molar-refractivity contribution in [3.05, 3.63) is 34.6 Å². The summed E-state index contributed by atoms with van der Waals surface area (Å²) in [5.41, 5.74) is 3.59. The van der Waals surface area contributed by atoms with Crippen LogP contribution in [0.3, 0.4) is 0 Å². The number of benzene rings is 1. The number of hydrogen-bond acceptors (Lipinski definition) is 4. The summed E-state index contributed by atoms with van der Waals surface area (Å²) in [7, 11) is 0. The first kappa shape index (κ1) is 17.6. The third kappa shape index (κ3) is 2.65. The second-order valence-electron chi connectivity index (χ2n) is 7.70. The molecule has 26 heavy (non-hydrogen) atoms. The van der Waals surface area contributed by atoms with Crippen LogP contribution in [-0.4, -0.2) is 54.2 Å². The maximum Gasteiger partial charge on any atom is 0.292 e. The second-order valence-corrected chi connectivity index (χ2v) is 7.70. The lowest BCUT2D eigenvalue weighted by Crippen LogP contribution is -2.54. The Morgan fingerprint density at radius 3 is 2.58 bits per heavy atom. The second kappa shape index (κ2) is 6.39. The van der Waals surface area contributed by atoms with Crippen molar-refractivity contribution in [2.24, 2.45) is 0 Å². The number of carbonyl (C=O) groups is 1. The van der Waals surface area contributed by atoms with E-state index in [0.717, 1.165) is 60.1 Å². The van der Waals surface area contributed by atoms with Gasteiger partial charge in [-0.25, -0.2) is 0 Å². The van der Waals surface area contributed by atoms with Gasteiger partial charge in [0.25, 0.3) is 5.91 Å². The zero-order chi connectivity index (χ0) is 18.5. The highest BCUT2D eigenvalue weighted by Crippen LogP contribution is 2.37. The molecule has 1 amide bonds. The number of carbonyl (C=O) groups excluding carboxylic acids is 1. The fourth-order valence-electron chi connectivity index (χ4n) is 4.64. The molecule has 2 saturated heterocycles. The van der Waals surface area contributed by atoms with Crippen LogP contribution in [-0.2, 0) is 4.74 Å². The highest BCUT2D eigenvalue weighted by atomic mass is 16.5. The zero-order valence-corrected chi connectivity index (χ0v) is 16.2. The minimum Gasteiger partial charge on any atom is -0.451 e. The maximum atomic E-state index is 13.4. The first-order valence-corrected chi connectivity index (χ1v) is 9.64. The Morgan fingerprint density at radius 1 is 1.15 bits per heavy atom. The quantitative estimate of drug-likeness (QED) is 0.824. The molecule has 1 aromatic heterocycles. The average Bonchev–Trinajstić information content (AvgIpc) is 3.16. The number of amides is 1. The molecule has 0 atom stereocenters. The summed E-state index contributed by atoms with van der Waals surface area (Å²) in [5.74, 6) is 0.440. The lowest BCUT2D eigenvalue weighted by molar-refractivity contribution is -0.105. The molecule has 3 heterocycles. The Morgan fingerprint density at radius 2 is 1.88 bits per heavy atom. The van der Waals surface area contributed by atoms with Crippen LogP contribution in [0.25, 0.3) is 11.0 Å². The fraction of sp³-hybridized carbons (Fsp3) is 0.571. The third-order valence-electron chi connectivity index (χ3n) is 6.07. The first-order chi connectivity index (χ1) is 12.4. The summed E-state index contributed by atoms with van der Waals surface area (Å²) in [5, 5.41) is 1.06. The van der Waals surface area contributed by atoms with Crippen molar-refractivity contribution in [1.82, 2.24) is 9.80 Å². The van der Waals surface area contributed by atoms with Crippen molar-refractivity contribution in [3.8, 4) is 0 Å². The molecule has 2 aliphatic heterocycles. The third-order valence-corrected chi connectivity index (χ3v) is 6.07. The van der Waals surface area contributed by atoms with E-state index >= 15 is 0 Å². The van der Waals surface area contributed by atoms with E-state index in [4.69, 9.17) is 9.15 Å². The van der Waals surface area contributed by atoms with Crippen molar-refractivity contribution < 1.29 is 13.9 Å². The predicted octanol–water partition coefficient (Wildman–Crippen LogP) is 3.64. The Hall–Kier alpha value is -1.85. The lowest BCUT2D eigenvalue weighted by Gasteiger charge is -2.43. The van der Waals surface area contributed by atoms with Gasteiger partial charge >= 0.3 is 0 Å². The molecule has 0 N–H and O–H groups in total. The van der Waals surface area contributed by atoms with Crippen molar-refractivity contribution in [2.45, 2.75) is 46.3 Å². The largest absolute Gasteiger partial charge is 0.451 e. The van der Waals surface area contributed by atoms with Gasteiger partial charge in [-0.05, 0) is 44.5 Å². The van der Waals surface area contributed by atoms with E-state index in [0.29, 0.717) is 18.9 Å². The van der Waals surface area contributed by atoms with Gasteiger partial charge in [0.15, 0.2) is 5.76 Å². The molecule has 140 valence electrons. The molecule has 2 aromatic rings. The summed E-state index contributed by atoms with van der Waals surface area (Å²) in [6, 6.07) is 4.15. The molecule has 2 aliphatic rings. The van der Waals surface area contributed by atoms with Gasteiger partial charge in [-0.1, -0.05) is 13.0 Å². The van der Waals surface area contributed by atoms with Crippen LogP contribution in [0.15, 0.2) is 16.5 Å². The molecule has 5 nitrogen and oxygen atoms in total. The summed E-state index contributed by atoms with van der Waals surface area (Å²) in [6.07, 6.45) is 1.73. The van der Waals surface area contributed by atoms with Crippen LogP contribution in [0.4, 0.5) is 0 Å². The standard InChI is InChI=1S/C21H28N2O3/c1-5-22-8-6-21(7-9-22)23(10-11-25-21)20(24)19-16(4)18-15(3)12-14(2)13-17(18)26-19/h12-13H,5-11H2,1-4H3. The Bertz CT molecular complexity index is 847. The molecule has 5 heteroatoms. The number of hydrogen-bond donors (Lipinski definition) is 0. The van der Waals surface area contributed by atoms with Crippen molar-refractivity contribution in [2.75, 3.05) is 32.8 Å². The number of aryl methyl sites for hydroxylation is 3. The molecule has 4 rings (SSSR count). The molecule has 0 bridgehead atoms. The number of likely N-dealkylation sites (tertiary alicyclic amines) is 1. The fourth-order valence-corrected chi connectivity index (χ4v) is 4.64. The molecule has 0 saturated carbocycles. The topological polar surface area (TPSA) is 45.9 Å². The van der Waals surface area contributed by atoms with Crippen LogP contribution < -0.4 is 0 Å². The van der Waals surface area contributed by atoms with Gasteiger partial charge in [0.05, 0.1) is 6.61 Å². The summed E-state index contributed by atoms with van der Waals surface area (Å²) in [4.78, 5) is 17.7. The van der Waals surface area contributed by atoms with Crippen LogP contribution in [0.2, 0.25) is 0 Å². The number of rotatable bonds is 2. The number of ether oxygens (including phenoxy) is 1. The van der Waals surface area contributed by atoms with E-state index in [2.05, 4.69) is 31.7 Å². The number of furan rings is 1. The van der Waals surface area contributed by atoms with E-state index in [9.17, 15) is 4.79 Å². The van der Waals surface area contributed by atoms with Gasteiger partial charge in [-0.15, -0.1) is 0 Å². The Labute approximate surface area is 154 Å². The van der Waals surface area contributed by atoms with Gasteiger partial charge in [0, 0.05) is 43.4 Å². The first-order valence-electron chi connectivity index (χ1n) is 9.64. The van der Waals surface area contributed by atoms with E-state index in [-0.39, 0.29) is 5.91 Å². The normalized spacial score (nSPS) is 20.4. The van der Waals surface area contributed by atoms with E-state index in [1.807, 2.05) is 17.9 Å². The van der Waals surface area contributed by atoms with Gasteiger partial charge in [0.1, 0.15) is 11.3 Å². The Balaban J connectivity index is 1.68. The summed E-state index contributed by atoms with van der Waals surface area (Å²) in [6.45, 7) is 12.5. The number of nitrogens with zero attached hydrogens (tertiary/aromatic N) is 2. The molecular weight excluding hydrogens is 328 g/mol. The molecule has 1 aromatic carbocycles. The van der Waals surface area contributed by atoms with Crippen LogP contribution >= 0.6 is 0 Å². The van der Waals surface area contributed by atoms with Gasteiger partial charge < -0.3 is 19.0 Å². The zero-order valence-electron chi connectivity index (χ0n) is 16.2. The lowest BCUT2D eigenvalue weighted by atomic mass is 9.98. The monoisotopic (exact) mass is 356 g/mol. The van der Waals surface area contributed by atoms with Crippen molar-refractivity contribution in [3.63, 3.8) is 0 Å². The molecule has 0 unspecified atom stereocenters. The van der Waals surface area contributed by atoms with E-state index in [1.165, 1.54) is 0 Å². The highest BCUT2D eigenvalue weighted by molar-refractivity contribution is 6.00. The van der Waals surface area contributed by atoms with Crippen molar-refractivity contribution in [1.29, 1.82) is 0 Å².